The number of piperidine rings is 1. The number of carbonyl (C=O) groups is 1. The summed E-state index contributed by atoms with van der Waals surface area (Å²) in [4.78, 5) is 21.5. The van der Waals surface area contributed by atoms with Crippen molar-refractivity contribution in [3.05, 3.63) is 71.6 Å². The summed E-state index contributed by atoms with van der Waals surface area (Å²) in [5.41, 5.74) is 9.51. The molecule has 0 radical (unpaired) electrons. The predicted octanol–water partition coefficient (Wildman–Crippen LogP) is 2.75. The highest BCUT2D eigenvalue weighted by Crippen LogP contribution is 2.30. The van der Waals surface area contributed by atoms with E-state index in [2.05, 4.69) is 27.0 Å². The van der Waals surface area contributed by atoms with Gasteiger partial charge in [0.15, 0.2) is 0 Å². The van der Waals surface area contributed by atoms with Crippen molar-refractivity contribution in [3.8, 4) is 5.75 Å². The van der Waals surface area contributed by atoms with Gasteiger partial charge in [0, 0.05) is 48.9 Å². The third kappa shape index (κ3) is 4.35. The van der Waals surface area contributed by atoms with E-state index >= 15 is 0 Å². The van der Waals surface area contributed by atoms with Crippen LogP contribution in [0.25, 0.3) is 0 Å². The minimum atomic E-state index is -0.363. The number of benzene rings is 1. The molecule has 3 aromatic rings. The number of rotatable bonds is 7. The lowest BCUT2D eigenvalue weighted by atomic mass is 9.92. The Hall–Kier alpha value is -3.06. The average Bonchev–Trinajstić information content (AvgIpc) is 3.40. The van der Waals surface area contributed by atoms with Gasteiger partial charge in [-0.05, 0) is 43.1 Å². The Bertz CT molecular complexity index is 964. The molecule has 152 valence electrons. The number of aromatic nitrogens is 3. The van der Waals surface area contributed by atoms with E-state index in [4.69, 9.17) is 10.5 Å². The van der Waals surface area contributed by atoms with Crippen molar-refractivity contribution in [1.29, 1.82) is 0 Å². The van der Waals surface area contributed by atoms with Crippen molar-refractivity contribution in [1.82, 2.24) is 19.4 Å². The summed E-state index contributed by atoms with van der Waals surface area (Å²) in [7, 11) is 1.70. The molecular formula is C22H27N5O2. The van der Waals surface area contributed by atoms with Gasteiger partial charge in [0.2, 0.25) is 0 Å². The number of hydrogen-bond acceptors (Lipinski definition) is 4. The van der Waals surface area contributed by atoms with Crippen molar-refractivity contribution < 1.29 is 9.53 Å². The van der Waals surface area contributed by atoms with E-state index in [1.165, 1.54) is 5.56 Å². The lowest BCUT2D eigenvalue weighted by Gasteiger charge is -2.33. The number of likely N-dealkylation sites (tertiary alicyclic amines) is 1. The van der Waals surface area contributed by atoms with E-state index in [1.807, 2.05) is 23.2 Å². The number of aromatic amines is 1. The van der Waals surface area contributed by atoms with E-state index in [0.29, 0.717) is 11.5 Å². The molecule has 1 fully saturated rings. The maximum atomic E-state index is 11.7. The zero-order valence-corrected chi connectivity index (χ0v) is 16.7. The molecule has 1 saturated heterocycles. The number of H-pyrrole nitrogens is 1. The normalized spacial score (nSPS) is 17.3. The molecule has 1 unspecified atom stereocenters. The molecule has 7 heteroatoms. The largest absolute Gasteiger partial charge is 0.496 e. The van der Waals surface area contributed by atoms with E-state index in [-0.39, 0.29) is 5.91 Å². The molecule has 2 aromatic heterocycles. The third-order valence-corrected chi connectivity index (χ3v) is 5.62. The van der Waals surface area contributed by atoms with Crippen molar-refractivity contribution in [2.45, 2.75) is 31.8 Å². The maximum Gasteiger partial charge on any atom is 0.250 e. The van der Waals surface area contributed by atoms with Gasteiger partial charge >= 0.3 is 0 Å². The Labute approximate surface area is 170 Å². The quantitative estimate of drug-likeness (QED) is 0.646. The first-order valence-corrected chi connectivity index (χ1v) is 9.95. The maximum absolute atomic E-state index is 11.7. The molecule has 1 aliphatic rings. The van der Waals surface area contributed by atoms with Gasteiger partial charge in [-0.2, -0.15) is 0 Å². The Morgan fingerprint density at radius 3 is 3.00 bits per heavy atom. The van der Waals surface area contributed by atoms with E-state index in [9.17, 15) is 4.79 Å². The van der Waals surface area contributed by atoms with Gasteiger partial charge < -0.3 is 20.0 Å². The Kier molecular flexibility index (Phi) is 5.67. The van der Waals surface area contributed by atoms with Crippen LogP contribution in [-0.2, 0) is 13.1 Å². The van der Waals surface area contributed by atoms with Crippen LogP contribution in [0.15, 0.2) is 49.2 Å². The van der Waals surface area contributed by atoms with Crippen LogP contribution in [0, 0.1) is 0 Å². The van der Waals surface area contributed by atoms with Gasteiger partial charge in [-0.3, -0.25) is 9.69 Å². The lowest BCUT2D eigenvalue weighted by Crippen LogP contribution is -2.34. The predicted molar refractivity (Wildman–Crippen MR) is 111 cm³/mol. The molecule has 1 aromatic carbocycles. The van der Waals surface area contributed by atoms with Crippen molar-refractivity contribution >= 4 is 5.91 Å². The van der Waals surface area contributed by atoms with Crippen LogP contribution >= 0.6 is 0 Å². The molecular weight excluding hydrogens is 366 g/mol. The summed E-state index contributed by atoms with van der Waals surface area (Å²) in [5.74, 6) is 0.819. The van der Waals surface area contributed by atoms with Gasteiger partial charge in [0.25, 0.3) is 5.91 Å². The minimum Gasteiger partial charge on any atom is -0.496 e. The molecule has 1 aliphatic heterocycles. The fraction of sp³-hybridized carbons (Fsp3) is 0.364. The van der Waals surface area contributed by atoms with E-state index < -0.39 is 0 Å². The minimum absolute atomic E-state index is 0.296. The second-order valence-corrected chi connectivity index (χ2v) is 7.62. The second-order valence-electron chi connectivity index (χ2n) is 7.62. The standard InChI is InChI=1S/C22H27N5O2/c1-29-20-5-4-16(11-18(20)14-27-10-8-24-15-27)12-26-9-2-3-17(13-26)21-19(22(23)28)6-7-25-21/h4-8,10-11,15,17,25H,2-3,9,12-14H2,1H3,(H2,23,28). The van der Waals surface area contributed by atoms with Crippen LogP contribution in [0.1, 0.15) is 45.9 Å². The first-order valence-electron chi connectivity index (χ1n) is 9.95. The number of hydrogen-bond donors (Lipinski definition) is 2. The number of nitrogens with two attached hydrogens (primary N) is 1. The van der Waals surface area contributed by atoms with Crippen LogP contribution in [0.3, 0.4) is 0 Å². The molecule has 0 saturated carbocycles. The van der Waals surface area contributed by atoms with Crippen molar-refractivity contribution in [2.24, 2.45) is 5.73 Å². The zero-order chi connectivity index (χ0) is 20.2. The highest BCUT2D eigenvalue weighted by molar-refractivity contribution is 5.94. The smallest absolute Gasteiger partial charge is 0.250 e. The van der Waals surface area contributed by atoms with Gasteiger partial charge in [0.1, 0.15) is 5.75 Å². The number of imidazole rings is 1. The monoisotopic (exact) mass is 393 g/mol. The molecule has 1 atom stereocenters. The Morgan fingerprint density at radius 2 is 2.24 bits per heavy atom. The number of carbonyl (C=O) groups excluding carboxylic acids is 1. The number of ether oxygens (including phenoxy) is 1. The summed E-state index contributed by atoms with van der Waals surface area (Å²) >= 11 is 0. The van der Waals surface area contributed by atoms with E-state index in [0.717, 1.165) is 56.0 Å². The van der Waals surface area contributed by atoms with E-state index in [1.54, 1.807) is 25.6 Å². The third-order valence-electron chi connectivity index (χ3n) is 5.62. The molecule has 3 N–H and O–H groups in total. The van der Waals surface area contributed by atoms with Gasteiger partial charge in [-0.25, -0.2) is 4.98 Å². The first kappa shape index (κ1) is 19.3. The zero-order valence-electron chi connectivity index (χ0n) is 16.7. The molecule has 1 amide bonds. The molecule has 3 heterocycles. The Morgan fingerprint density at radius 1 is 1.34 bits per heavy atom. The first-order chi connectivity index (χ1) is 14.1. The van der Waals surface area contributed by atoms with Crippen LogP contribution in [0.4, 0.5) is 0 Å². The summed E-state index contributed by atoms with van der Waals surface area (Å²) in [6.07, 6.45) is 9.51. The molecule has 4 rings (SSSR count). The number of methoxy groups -OCH3 is 1. The van der Waals surface area contributed by atoms with Crippen LogP contribution in [0.5, 0.6) is 5.75 Å². The molecule has 7 nitrogen and oxygen atoms in total. The Balaban J connectivity index is 1.48. The van der Waals surface area contributed by atoms with Gasteiger partial charge in [-0.1, -0.05) is 6.07 Å². The SMILES string of the molecule is COc1ccc(CN2CCCC(c3[nH]ccc3C(N)=O)C2)cc1Cn1ccnc1. The molecule has 29 heavy (non-hydrogen) atoms. The fourth-order valence-corrected chi connectivity index (χ4v) is 4.26. The fourth-order valence-electron chi connectivity index (χ4n) is 4.26. The van der Waals surface area contributed by atoms with Crippen molar-refractivity contribution in [3.63, 3.8) is 0 Å². The number of nitrogens with one attached hydrogen (secondary N) is 1. The molecule has 0 bridgehead atoms. The van der Waals surface area contributed by atoms with Crippen LogP contribution in [-0.4, -0.2) is 45.5 Å². The van der Waals surface area contributed by atoms with Crippen molar-refractivity contribution in [2.75, 3.05) is 20.2 Å². The second kappa shape index (κ2) is 8.53. The number of nitrogens with zero attached hydrogens (tertiary/aromatic N) is 3. The van der Waals surface area contributed by atoms with Crippen LogP contribution in [0.2, 0.25) is 0 Å². The summed E-state index contributed by atoms with van der Waals surface area (Å²) in [6, 6.07) is 8.16. The highest BCUT2D eigenvalue weighted by Gasteiger charge is 2.25. The van der Waals surface area contributed by atoms with Crippen LogP contribution < -0.4 is 10.5 Å². The number of primary amides is 1. The summed E-state index contributed by atoms with van der Waals surface area (Å²) in [6.45, 7) is 3.55. The topological polar surface area (TPSA) is 89.2 Å². The summed E-state index contributed by atoms with van der Waals surface area (Å²) in [5, 5.41) is 0. The summed E-state index contributed by atoms with van der Waals surface area (Å²) < 4.78 is 7.58. The van der Waals surface area contributed by atoms with Gasteiger partial charge in [0.05, 0.1) is 25.5 Å². The number of amides is 1. The lowest BCUT2D eigenvalue weighted by molar-refractivity contribution is 0.0997. The highest BCUT2D eigenvalue weighted by atomic mass is 16.5. The molecule has 0 spiro atoms. The molecule has 0 aliphatic carbocycles. The van der Waals surface area contributed by atoms with Gasteiger partial charge in [-0.15, -0.1) is 0 Å². The average molecular weight is 393 g/mol.